The number of amides is 1. The second kappa shape index (κ2) is 17.3. The Kier molecular flexibility index (Phi) is 17.4. The first-order chi connectivity index (χ1) is 9.81. The van der Waals surface area contributed by atoms with Crippen LogP contribution in [0.2, 0.25) is 0 Å². The zero-order valence-electron chi connectivity index (χ0n) is 13.4. The number of hydrogen-bond acceptors (Lipinski definition) is 1. The minimum atomic E-state index is 0.171. The quantitative estimate of drug-likeness (QED) is 0.196. The molecule has 0 aliphatic rings. The smallest absolute Gasteiger partial charge is 0.228 e. The second-order valence-electron chi connectivity index (χ2n) is 5.86. The van der Waals surface area contributed by atoms with Crippen LogP contribution in [0.4, 0.5) is 0 Å². The second-order valence-corrected chi connectivity index (χ2v) is 6.40. The van der Waals surface area contributed by atoms with E-state index in [2.05, 4.69) is 10.5 Å². The lowest BCUT2D eigenvalue weighted by atomic mass is 10.0. The van der Waals surface area contributed by atoms with Crippen LogP contribution in [0.15, 0.2) is 0 Å². The van der Waals surface area contributed by atoms with E-state index in [1.807, 2.05) is 22.9 Å². The summed E-state index contributed by atoms with van der Waals surface area (Å²) in [6, 6.07) is 0. The molecule has 2 nitrogen and oxygen atoms in total. The molecule has 120 valence electrons. The first-order valence-electron chi connectivity index (χ1n) is 8.70. The molecular formula is C17H34INO. The lowest BCUT2D eigenvalue weighted by molar-refractivity contribution is -0.118. The molecule has 0 bridgehead atoms. The van der Waals surface area contributed by atoms with E-state index in [-0.39, 0.29) is 5.91 Å². The van der Waals surface area contributed by atoms with Gasteiger partial charge in [-0.1, -0.05) is 90.4 Å². The average Bonchev–Trinajstić information content (AvgIpc) is 2.47. The van der Waals surface area contributed by atoms with Gasteiger partial charge in [0, 0.05) is 6.42 Å². The van der Waals surface area contributed by atoms with Crippen LogP contribution in [0.3, 0.4) is 0 Å². The maximum Gasteiger partial charge on any atom is 0.228 e. The zero-order valence-corrected chi connectivity index (χ0v) is 15.6. The maximum atomic E-state index is 11.0. The van der Waals surface area contributed by atoms with E-state index in [0.717, 1.165) is 6.42 Å². The normalized spacial score (nSPS) is 10.7. The van der Waals surface area contributed by atoms with Crippen LogP contribution in [0.1, 0.15) is 103 Å². The molecule has 1 N–H and O–H groups in total. The molecule has 0 spiro atoms. The van der Waals surface area contributed by atoms with Crippen LogP contribution in [0.5, 0.6) is 0 Å². The SMILES string of the molecule is CCCCCCCCCCCCCCCCC(=O)NI. The highest BCUT2D eigenvalue weighted by Gasteiger charge is 1.98. The summed E-state index contributed by atoms with van der Waals surface area (Å²) >= 11 is 1.91. The van der Waals surface area contributed by atoms with Crippen molar-refractivity contribution in [2.45, 2.75) is 103 Å². The molecule has 20 heavy (non-hydrogen) atoms. The highest BCUT2D eigenvalue weighted by atomic mass is 127. The van der Waals surface area contributed by atoms with Gasteiger partial charge in [-0.25, -0.2) is 0 Å². The van der Waals surface area contributed by atoms with Crippen molar-refractivity contribution in [3.63, 3.8) is 0 Å². The Morgan fingerprint density at radius 1 is 0.700 bits per heavy atom. The van der Waals surface area contributed by atoms with E-state index >= 15 is 0 Å². The number of hydrogen-bond donors (Lipinski definition) is 1. The van der Waals surface area contributed by atoms with Crippen molar-refractivity contribution in [1.29, 1.82) is 0 Å². The first kappa shape index (κ1) is 20.2. The predicted octanol–water partition coefficient (Wildman–Crippen LogP) is 6.32. The van der Waals surface area contributed by atoms with Crippen molar-refractivity contribution in [1.82, 2.24) is 3.53 Å². The molecule has 0 aliphatic carbocycles. The average molecular weight is 395 g/mol. The number of carbonyl (C=O) groups is 1. The first-order valence-corrected chi connectivity index (χ1v) is 9.78. The number of nitrogens with one attached hydrogen (secondary N) is 1. The summed E-state index contributed by atoms with van der Waals surface area (Å²) in [5.74, 6) is 0.171. The molecule has 1 amide bonds. The number of carbonyl (C=O) groups excluding carboxylic acids is 1. The highest BCUT2D eigenvalue weighted by Crippen LogP contribution is 2.13. The van der Waals surface area contributed by atoms with Crippen molar-refractivity contribution in [2.75, 3.05) is 0 Å². The number of halogens is 1. The maximum absolute atomic E-state index is 11.0. The number of rotatable bonds is 15. The lowest BCUT2D eigenvalue weighted by Gasteiger charge is -2.03. The molecule has 0 saturated heterocycles. The molecule has 0 heterocycles. The molecular weight excluding hydrogens is 361 g/mol. The van der Waals surface area contributed by atoms with E-state index in [9.17, 15) is 4.79 Å². The van der Waals surface area contributed by atoms with Gasteiger partial charge in [0.2, 0.25) is 5.91 Å². The molecule has 0 radical (unpaired) electrons. The van der Waals surface area contributed by atoms with Gasteiger partial charge in [0.05, 0.1) is 22.9 Å². The standard InChI is InChI=1S/C17H34INO/c1-2-3-4-5-6-7-8-9-10-11-12-13-14-15-16-17(20)19-18/h2-16H2,1H3,(H,19,20). The predicted molar refractivity (Wildman–Crippen MR) is 97.1 cm³/mol. The van der Waals surface area contributed by atoms with E-state index in [1.165, 1.54) is 83.5 Å². The van der Waals surface area contributed by atoms with Gasteiger partial charge in [0.15, 0.2) is 0 Å². The third-order valence-corrected chi connectivity index (χ3v) is 4.46. The summed E-state index contributed by atoms with van der Waals surface area (Å²) in [6.07, 6.45) is 19.8. The Labute approximate surface area is 140 Å². The summed E-state index contributed by atoms with van der Waals surface area (Å²) in [5, 5.41) is 0. The van der Waals surface area contributed by atoms with Crippen LogP contribution in [-0.2, 0) is 4.79 Å². The van der Waals surface area contributed by atoms with E-state index < -0.39 is 0 Å². The van der Waals surface area contributed by atoms with Gasteiger partial charge < -0.3 is 0 Å². The lowest BCUT2D eigenvalue weighted by Crippen LogP contribution is -2.10. The van der Waals surface area contributed by atoms with Gasteiger partial charge >= 0.3 is 0 Å². The molecule has 0 rings (SSSR count). The van der Waals surface area contributed by atoms with Crippen LogP contribution in [0, 0.1) is 0 Å². The fraction of sp³-hybridized carbons (Fsp3) is 0.941. The summed E-state index contributed by atoms with van der Waals surface area (Å²) in [6.45, 7) is 2.28. The van der Waals surface area contributed by atoms with Crippen molar-refractivity contribution in [3.05, 3.63) is 0 Å². The molecule has 3 heteroatoms. The van der Waals surface area contributed by atoms with Crippen LogP contribution in [0.25, 0.3) is 0 Å². The van der Waals surface area contributed by atoms with Gasteiger partial charge in [0.25, 0.3) is 0 Å². The number of unbranched alkanes of at least 4 members (excludes halogenated alkanes) is 13. The Balaban J connectivity index is 2.97. The van der Waals surface area contributed by atoms with Gasteiger partial charge in [-0.05, 0) is 6.42 Å². The summed E-state index contributed by atoms with van der Waals surface area (Å²) < 4.78 is 2.64. The molecule has 0 atom stereocenters. The fourth-order valence-electron chi connectivity index (χ4n) is 2.53. The highest BCUT2D eigenvalue weighted by molar-refractivity contribution is 14.1. The van der Waals surface area contributed by atoms with Crippen molar-refractivity contribution < 1.29 is 4.79 Å². The van der Waals surface area contributed by atoms with Crippen LogP contribution >= 0.6 is 22.9 Å². The Morgan fingerprint density at radius 2 is 1.05 bits per heavy atom. The largest absolute Gasteiger partial charge is 0.299 e. The topological polar surface area (TPSA) is 29.1 Å². The van der Waals surface area contributed by atoms with Gasteiger partial charge in [-0.2, -0.15) is 0 Å². The summed E-state index contributed by atoms with van der Waals surface area (Å²) in [5.41, 5.74) is 0. The van der Waals surface area contributed by atoms with Gasteiger partial charge in [-0.3, -0.25) is 8.32 Å². The van der Waals surface area contributed by atoms with Crippen molar-refractivity contribution in [3.8, 4) is 0 Å². The Bertz CT molecular complexity index is 209. The molecule has 0 aromatic rings. The molecule has 0 aliphatic heterocycles. The minimum Gasteiger partial charge on any atom is -0.299 e. The van der Waals surface area contributed by atoms with E-state index in [4.69, 9.17) is 0 Å². The molecule has 0 unspecified atom stereocenters. The van der Waals surface area contributed by atoms with Gasteiger partial charge in [-0.15, -0.1) is 0 Å². The van der Waals surface area contributed by atoms with Crippen molar-refractivity contribution in [2.24, 2.45) is 0 Å². The van der Waals surface area contributed by atoms with E-state index in [0.29, 0.717) is 6.42 Å². The van der Waals surface area contributed by atoms with E-state index in [1.54, 1.807) is 0 Å². The Morgan fingerprint density at radius 3 is 1.40 bits per heavy atom. The molecule has 0 saturated carbocycles. The van der Waals surface area contributed by atoms with Crippen LogP contribution < -0.4 is 3.53 Å². The zero-order chi connectivity index (χ0) is 14.9. The van der Waals surface area contributed by atoms with Crippen molar-refractivity contribution >= 4 is 28.8 Å². The minimum absolute atomic E-state index is 0.171. The summed E-state index contributed by atoms with van der Waals surface area (Å²) in [7, 11) is 0. The van der Waals surface area contributed by atoms with Crippen LogP contribution in [-0.4, -0.2) is 5.91 Å². The molecule has 0 aromatic carbocycles. The summed E-state index contributed by atoms with van der Waals surface area (Å²) in [4.78, 5) is 11.0. The third-order valence-electron chi connectivity index (χ3n) is 3.86. The fourth-order valence-corrected chi connectivity index (χ4v) is 2.80. The Hall–Kier alpha value is 0.200. The van der Waals surface area contributed by atoms with Gasteiger partial charge in [0.1, 0.15) is 0 Å². The molecule has 0 fully saturated rings. The third kappa shape index (κ3) is 16.3. The monoisotopic (exact) mass is 395 g/mol. The molecule has 0 aromatic heterocycles.